The van der Waals surface area contributed by atoms with Gasteiger partial charge in [-0.25, -0.2) is 0 Å². The molecule has 2 aliphatic heterocycles. The third-order valence-corrected chi connectivity index (χ3v) is 4.27. The van der Waals surface area contributed by atoms with Crippen LogP contribution >= 0.6 is 0 Å². The fraction of sp³-hybridized carbons (Fsp3) is 0.600. The van der Waals surface area contributed by atoms with Crippen molar-refractivity contribution in [2.24, 2.45) is 11.8 Å². The lowest BCUT2D eigenvalue weighted by Gasteiger charge is -2.41. The minimum atomic E-state index is 0.939. The second kappa shape index (κ2) is 5.19. The molecule has 0 amide bonds. The highest BCUT2D eigenvalue weighted by atomic mass is 15.1. The lowest BCUT2D eigenvalue weighted by Crippen LogP contribution is -2.50. The van der Waals surface area contributed by atoms with Gasteiger partial charge in [-0.2, -0.15) is 0 Å². The van der Waals surface area contributed by atoms with Gasteiger partial charge in [0, 0.05) is 13.1 Å². The summed E-state index contributed by atoms with van der Waals surface area (Å²) in [7, 11) is 0. The summed E-state index contributed by atoms with van der Waals surface area (Å²) in [4.78, 5) is 2.64. The van der Waals surface area contributed by atoms with Crippen molar-refractivity contribution in [3.8, 4) is 0 Å². The van der Waals surface area contributed by atoms with Gasteiger partial charge in [-0.3, -0.25) is 4.90 Å². The van der Waals surface area contributed by atoms with Gasteiger partial charge in [0.1, 0.15) is 0 Å². The van der Waals surface area contributed by atoms with Crippen LogP contribution < -0.4 is 5.32 Å². The molecule has 17 heavy (non-hydrogen) atoms. The van der Waals surface area contributed by atoms with Gasteiger partial charge in [-0.05, 0) is 49.9 Å². The Hall–Kier alpha value is -0.860. The minimum absolute atomic E-state index is 0.939. The van der Waals surface area contributed by atoms with Crippen molar-refractivity contribution >= 4 is 0 Å². The van der Waals surface area contributed by atoms with Gasteiger partial charge in [-0.15, -0.1) is 0 Å². The first-order valence-corrected chi connectivity index (χ1v) is 6.89. The highest BCUT2D eigenvalue weighted by molar-refractivity contribution is 5.14. The molecule has 0 radical (unpaired) electrons. The number of benzene rings is 1. The van der Waals surface area contributed by atoms with Crippen LogP contribution in [0.2, 0.25) is 0 Å². The number of hydrogen-bond acceptors (Lipinski definition) is 2. The zero-order valence-electron chi connectivity index (χ0n) is 10.4. The first kappa shape index (κ1) is 11.2. The molecule has 2 nitrogen and oxygen atoms in total. The second-order valence-electron chi connectivity index (χ2n) is 5.54. The zero-order valence-corrected chi connectivity index (χ0v) is 10.4. The Balaban J connectivity index is 1.56. The summed E-state index contributed by atoms with van der Waals surface area (Å²) in [6, 6.07) is 10.9. The Morgan fingerprint density at radius 3 is 2.65 bits per heavy atom. The van der Waals surface area contributed by atoms with Crippen LogP contribution in [-0.2, 0) is 6.54 Å². The van der Waals surface area contributed by atoms with Crippen molar-refractivity contribution < 1.29 is 0 Å². The van der Waals surface area contributed by atoms with Gasteiger partial charge in [0.05, 0.1) is 0 Å². The number of nitrogens with zero attached hydrogens (tertiary/aromatic N) is 1. The monoisotopic (exact) mass is 230 g/mol. The first-order chi connectivity index (χ1) is 8.42. The van der Waals surface area contributed by atoms with E-state index in [0.29, 0.717) is 0 Å². The van der Waals surface area contributed by atoms with Gasteiger partial charge in [0.25, 0.3) is 0 Å². The Morgan fingerprint density at radius 1 is 1.12 bits per heavy atom. The number of hydrogen-bond donors (Lipinski definition) is 1. The molecule has 2 saturated heterocycles. The predicted octanol–water partition coefficient (Wildman–Crippen LogP) is 2.12. The molecule has 0 aromatic heterocycles. The second-order valence-corrected chi connectivity index (χ2v) is 5.54. The van der Waals surface area contributed by atoms with Crippen LogP contribution in [0.5, 0.6) is 0 Å². The quantitative estimate of drug-likeness (QED) is 0.855. The number of nitrogens with one attached hydrogen (secondary N) is 1. The Kier molecular flexibility index (Phi) is 3.44. The van der Waals surface area contributed by atoms with E-state index in [1.165, 1.54) is 44.6 Å². The summed E-state index contributed by atoms with van der Waals surface area (Å²) >= 11 is 0. The number of rotatable bonds is 3. The van der Waals surface area contributed by atoms with Crippen molar-refractivity contribution in [2.45, 2.75) is 19.4 Å². The standard InChI is InChI=1S/C15H22N2/c1-2-5-13(6-3-1)11-17-8-4-7-14(12-17)15-9-16-10-15/h1-3,5-6,14-16H,4,7-12H2. The highest BCUT2D eigenvalue weighted by Crippen LogP contribution is 2.27. The molecule has 2 fully saturated rings. The van der Waals surface area contributed by atoms with Crippen molar-refractivity contribution in [2.75, 3.05) is 26.2 Å². The van der Waals surface area contributed by atoms with Gasteiger partial charge in [-0.1, -0.05) is 30.3 Å². The molecule has 3 rings (SSSR count). The fourth-order valence-electron chi connectivity index (χ4n) is 3.11. The lowest BCUT2D eigenvalue weighted by atomic mass is 9.82. The van der Waals surface area contributed by atoms with E-state index in [1.54, 1.807) is 0 Å². The average Bonchev–Trinajstić information content (AvgIpc) is 2.28. The third kappa shape index (κ3) is 2.70. The van der Waals surface area contributed by atoms with Crippen LogP contribution in [0.3, 0.4) is 0 Å². The van der Waals surface area contributed by atoms with Crippen LogP contribution in [0, 0.1) is 11.8 Å². The van der Waals surface area contributed by atoms with Crippen LogP contribution in [0.4, 0.5) is 0 Å². The third-order valence-electron chi connectivity index (χ3n) is 4.27. The maximum Gasteiger partial charge on any atom is 0.0233 e. The van der Waals surface area contributed by atoms with E-state index in [4.69, 9.17) is 0 Å². The first-order valence-electron chi connectivity index (χ1n) is 6.89. The summed E-state index contributed by atoms with van der Waals surface area (Å²) in [5.41, 5.74) is 1.46. The molecule has 0 bridgehead atoms. The molecule has 1 N–H and O–H groups in total. The molecule has 0 aliphatic carbocycles. The molecular formula is C15H22N2. The average molecular weight is 230 g/mol. The smallest absolute Gasteiger partial charge is 0.0233 e. The molecule has 1 aromatic carbocycles. The molecule has 2 aliphatic rings. The highest BCUT2D eigenvalue weighted by Gasteiger charge is 2.30. The van der Waals surface area contributed by atoms with Crippen LogP contribution in [-0.4, -0.2) is 31.1 Å². The lowest BCUT2D eigenvalue weighted by molar-refractivity contribution is 0.103. The fourth-order valence-corrected chi connectivity index (χ4v) is 3.11. The van der Waals surface area contributed by atoms with Crippen LogP contribution in [0.1, 0.15) is 18.4 Å². The Morgan fingerprint density at radius 2 is 1.94 bits per heavy atom. The number of piperidine rings is 1. The van der Waals surface area contributed by atoms with E-state index in [1.807, 2.05) is 0 Å². The summed E-state index contributed by atoms with van der Waals surface area (Å²) < 4.78 is 0. The Labute approximate surface area is 104 Å². The summed E-state index contributed by atoms with van der Waals surface area (Å²) in [6.07, 6.45) is 2.83. The van der Waals surface area contributed by atoms with E-state index in [2.05, 4.69) is 40.5 Å². The molecule has 1 unspecified atom stereocenters. The molecule has 2 heterocycles. The maximum absolute atomic E-state index is 3.40. The van der Waals surface area contributed by atoms with Gasteiger partial charge < -0.3 is 5.32 Å². The molecule has 0 spiro atoms. The normalized spacial score (nSPS) is 26.7. The van der Waals surface area contributed by atoms with Crippen molar-refractivity contribution in [1.82, 2.24) is 10.2 Å². The minimum Gasteiger partial charge on any atom is -0.316 e. The van der Waals surface area contributed by atoms with E-state index < -0.39 is 0 Å². The molecule has 2 heteroatoms. The topological polar surface area (TPSA) is 15.3 Å². The van der Waals surface area contributed by atoms with Crippen molar-refractivity contribution in [3.63, 3.8) is 0 Å². The van der Waals surface area contributed by atoms with Crippen LogP contribution in [0.25, 0.3) is 0 Å². The molecular weight excluding hydrogens is 208 g/mol. The van der Waals surface area contributed by atoms with Gasteiger partial charge >= 0.3 is 0 Å². The van der Waals surface area contributed by atoms with E-state index in [0.717, 1.165) is 18.4 Å². The zero-order chi connectivity index (χ0) is 11.5. The summed E-state index contributed by atoms with van der Waals surface area (Å²) in [5, 5.41) is 3.40. The summed E-state index contributed by atoms with van der Waals surface area (Å²) in [5.74, 6) is 1.89. The molecule has 92 valence electrons. The predicted molar refractivity (Wildman–Crippen MR) is 70.8 cm³/mol. The van der Waals surface area contributed by atoms with Crippen molar-refractivity contribution in [1.29, 1.82) is 0 Å². The van der Waals surface area contributed by atoms with E-state index >= 15 is 0 Å². The molecule has 1 atom stereocenters. The van der Waals surface area contributed by atoms with Gasteiger partial charge in [0.2, 0.25) is 0 Å². The number of likely N-dealkylation sites (tertiary alicyclic amines) is 1. The SMILES string of the molecule is c1ccc(CN2CCCC(C3CNC3)C2)cc1. The van der Waals surface area contributed by atoms with Gasteiger partial charge in [0.15, 0.2) is 0 Å². The molecule has 0 saturated carbocycles. The maximum atomic E-state index is 3.40. The van der Waals surface area contributed by atoms with Crippen LogP contribution in [0.15, 0.2) is 30.3 Å². The summed E-state index contributed by atoms with van der Waals surface area (Å²) in [6.45, 7) is 6.23. The van der Waals surface area contributed by atoms with E-state index in [9.17, 15) is 0 Å². The van der Waals surface area contributed by atoms with Crippen molar-refractivity contribution in [3.05, 3.63) is 35.9 Å². The largest absolute Gasteiger partial charge is 0.316 e. The molecule has 1 aromatic rings. The Bertz CT molecular complexity index is 345. The van der Waals surface area contributed by atoms with E-state index in [-0.39, 0.29) is 0 Å².